The zero-order valence-corrected chi connectivity index (χ0v) is 10.9. The number of benzene rings is 1. The standard InChI is InChI=1S/C12H10F2O7/c1-19-9(15)6-3-7(10(16)20-2)5-8(4-6)21-12(13,14)11(17)18/h3-5H,1-2H3,(H,17,18). The highest BCUT2D eigenvalue weighted by Gasteiger charge is 2.42. The van der Waals surface area contributed by atoms with E-state index in [4.69, 9.17) is 5.11 Å². The third-order valence-corrected chi connectivity index (χ3v) is 2.24. The van der Waals surface area contributed by atoms with Crippen LogP contribution in [0, 0.1) is 0 Å². The van der Waals surface area contributed by atoms with Crippen molar-refractivity contribution in [2.24, 2.45) is 0 Å². The monoisotopic (exact) mass is 304 g/mol. The zero-order chi connectivity index (χ0) is 16.2. The molecule has 114 valence electrons. The van der Waals surface area contributed by atoms with Gasteiger partial charge in [-0.3, -0.25) is 0 Å². The Kier molecular flexibility index (Phi) is 4.79. The number of carboxylic acids is 1. The van der Waals surface area contributed by atoms with E-state index in [1.165, 1.54) is 0 Å². The van der Waals surface area contributed by atoms with Crippen molar-refractivity contribution in [1.29, 1.82) is 0 Å². The van der Waals surface area contributed by atoms with E-state index in [-0.39, 0.29) is 11.1 Å². The Bertz CT molecular complexity index is 549. The molecule has 1 N–H and O–H groups in total. The van der Waals surface area contributed by atoms with Gasteiger partial charge in [0.1, 0.15) is 5.75 Å². The average Bonchev–Trinajstić information content (AvgIpc) is 2.44. The first kappa shape index (κ1) is 16.3. The van der Waals surface area contributed by atoms with E-state index in [1.54, 1.807) is 0 Å². The summed E-state index contributed by atoms with van der Waals surface area (Å²) in [6.07, 6.45) is -4.53. The second-order valence-corrected chi connectivity index (χ2v) is 3.65. The maximum atomic E-state index is 13.0. The van der Waals surface area contributed by atoms with Crippen LogP contribution in [-0.4, -0.2) is 43.3 Å². The molecule has 0 aliphatic rings. The van der Waals surface area contributed by atoms with E-state index >= 15 is 0 Å². The van der Waals surface area contributed by atoms with Gasteiger partial charge in [0, 0.05) is 0 Å². The number of methoxy groups -OCH3 is 2. The third kappa shape index (κ3) is 3.88. The minimum Gasteiger partial charge on any atom is -0.474 e. The smallest absolute Gasteiger partial charge is 0.474 e. The van der Waals surface area contributed by atoms with Crippen LogP contribution in [0.25, 0.3) is 0 Å². The third-order valence-electron chi connectivity index (χ3n) is 2.24. The first-order chi connectivity index (χ1) is 9.71. The lowest BCUT2D eigenvalue weighted by Gasteiger charge is -2.14. The summed E-state index contributed by atoms with van der Waals surface area (Å²) in [5.41, 5.74) is -0.562. The van der Waals surface area contributed by atoms with Crippen LogP contribution in [0.1, 0.15) is 20.7 Å². The van der Waals surface area contributed by atoms with Crippen molar-refractivity contribution in [3.05, 3.63) is 29.3 Å². The lowest BCUT2D eigenvalue weighted by atomic mass is 10.1. The summed E-state index contributed by atoms with van der Waals surface area (Å²) in [6.45, 7) is 0. The first-order valence-electron chi connectivity index (χ1n) is 5.33. The van der Waals surface area contributed by atoms with Crippen LogP contribution in [-0.2, 0) is 14.3 Å². The Balaban J connectivity index is 3.28. The fraction of sp³-hybridized carbons (Fsp3) is 0.250. The lowest BCUT2D eigenvalue weighted by molar-refractivity contribution is -0.210. The predicted molar refractivity (Wildman–Crippen MR) is 62.3 cm³/mol. The van der Waals surface area contributed by atoms with Gasteiger partial charge in [-0.15, -0.1) is 0 Å². The summed E-state index contributed by atoms with van der Waals surface area (Å²) in [4.78, 5) is 33.1. The number of alkyl halides is 2. The minimum absolute atomic E-state index is 0.281. The van der Waals surface area contributed by atoms with Crippen molar-refractivity contribution in [3.8, 4) is 5.75 Å². The molecular weight excluding hydrogens is 294 g/mol. The van der Waals surface area contributed by atoms with E-state index in [1.807, 2.05) is 0 Å². The fourth-order valence-corrected chi connectivity index (χ4v) is 1.32. The summed E-state index contributed by atoms with van der Waals surface area (Å²) in [6, 6.07) is 2.66. The molecule has 0 saturated carbocycles. The molecule has 0 radical (unpaired) electrons. The number of aliphatic carboxylic acids is 1. The summed E-state index contributed by atoms with van der Waals surface area (Å²) >= 11 is 0. The predicted octanol–water partition coefficient (Wildman–Crippen LogP) is 1.32. The second kappa shape index (κ2) is 6.16. The largest absolute Gasteiger partial charge is 0.501 e. The van der Waals surface area contributed by atoms with Crippen molar-refractivity contribution < 1.29 is 42.5 Å². The van der Waals surface area contributed by atoms with Crippen molar-refractivity contribution in [2.45, 2.75) is 6.11 Å². The molecule has 0 spiro atoms. The van der Waals surface area contributed by atoms with Gasteiger partial charge in [-0.05, 0) is 18.2 Å². The van der Waals surface area contributed by atoms with Crippen LogP contribution in [0.4, 0.5) is 8.78 Å². The van der Waals surface area contributed by atoms with E-state index < -0.39 is 29.8 Å². The van der Waals surface area contributed by atoms with E-state index in [0.29, 0.717) is 0 Å². The Morgan fingerprint density at radius 2 is 1.43 bits per heavy atom. The molecular formula is C12H10F2O7. The minimum atomic E-state index is -4.53. The molecule has 0 bridgehead atoms. The Morgan fingerprint density at radius 1 is 1.00 bits per heavy atom. The molecule has 1 aromatic rings. The number of carbonyl (C=O) groups is 3. The molecule has 1 aromatic carbocycles. The van der Waals surface area contributed by atoms with Crippen molar-refractivity contribution >= 4 is 17.9 Å². The van der Waals surface area contributed by atoms with Crippen molar-refractivity contribution in [3.63, 3.8) is 0 Å². The quantitative estimate of drug-likeness (QED) is 0.819. The molecule has 0 amide bonds. The molecule has 0 fully saturated rings. The van der Waals surface area contributed by atoms with E-state index in [9.17, 15) is 23.2 Å². The Morgan fingerprint density at radius 3 is 1.76 bits per heavy atom. The number of ether oxygens (including phenoxy) is 3. The number of carboxylic acid groups (broad SMARTS) is 1. The molecule has 0 atom stereocenters. The van der Waals surface area contributed by atoms with Gasteiger partial charge in [0.2, 0.25) is 0 Å². The number of hydrogen-bond acceptors (Lipinski definition) is 6. The highest BCUT2D eigenvalue weighted by atomic mass is 19.3. The fourth-order valence-electron chi connectivity index (χ4n) is 1.32. The van der Waals surface area contributed by atoms with Crippen LogP contribution < -0.4 is 4.74 Å². The molecule has 7 nitrogen and oxygen atoms in total. The van der Waals surface area contributed by atoms with E-state index in [2.05, 4.69) is 14.2 Å². The number of hydrogen-bond donors (Lipinski definition) is 1. The number of carbonyl (C=O) groups excluding carboxylic acids is 2. The van der Waals surface area contributed by atoms with Crippen molar-refractivity contribution in [2.75, 3.05) is 14.2 Å². The topological polar surface area (TPSA) is 99.1 Å². The first-order valence-corrected chi connectivity index (χ1v) is 5.33. The van der Waals surface area contributed by atoms with Gasteiger partial charge in [0.15, 0.2) is 0 Å². The highest BCUT2D eigenvalue weighted by molar-refractivity contribution is 5.96. The lowest BCUT2D eigenvalue weighted by Crippen LogP contribution is -2.34. The van der Waals surface area contributed by atoms with E-state index in [0.717, 1.165) is 32.4 Å². The molecule has 9 heteroatoms. The van der Waals surface area contributed by atoms with Gasteiger partial charge in [-0.2, -0.15) is 8.78 Å². The summed E-state index contributed by atoms with van der Waals surface area (Å²) < 4.78 is 38.8. The molecule has 0 saturated heterocycles. The summed E-state index contributed by atoms with van der Waals surface area (Å²) in [7, 11) is 2.08. The summed E-state index contributed by atoms with van der Waals surface area (Å²) in [5, 5.41) is 8.29. The van der Waals surface area contributed by atoms with Gasteiger partial charge < -0.3 is 19.3 Å². The molecule has 0 heterocycles. The Labute approximate surface area is 117 Å². The molecule has 1 rings (SSSR count). The number of rotatable bonds is 5. The highest BCUT2D eigenvalue weighted by Crippen LogP contribution is 2.25. The van der Waals surface area contributed by atoms with Gasteiger partial charge in [0.25, 0.3) is 0 Å². The molecule has 0 aliphatic carbocycles. The number of esters is 2. The van der Waals surface area contributed by atoms with Gasteiger partial charge in [-0.1, -0.05) is 0 Å². The molecule has 21 heavy (non-hydrogen) atoms. The van der Waals surface area contributed by atoms with Crippen LogP contribution in [0.5, 0.6) is 5.75 Å². The SMILES string of the molecule is COC(=O)c1cc(OC(F)(F)C(=O)O)cc(C(=O)OC)c1. The molecule has 0 aliphatic heterocycles. The van der Waals surface area contributed by atoms with Gasteiger partial charge in [0.05, 0.1) is 25.3 Å². The number of halogens is 2. The van der Waals surface area contributed by atoms with Crippen LogP contribution in [0.2, 0.25) is 0 Å². The zero-order valence-electron chi connectivity index (χ0n) is 10.9. The van der Waals surface area contributed by atoms with Crippen molar-refractivity contribution in [1.82, 2.24) is 0 Å². The second-order valence-electron chi connectivity index (χ2n) is 3.65. The maximum Gasteiger partial charge on any atom is 0.501 e. The normalized spacial score (nSPS) is 10.7. The maximum absolute atomic E-state index is 13.0. The van der Waals surface area contributed by atoms with Crippen LogP contribution in [0.3, 0.4) is 0 Å². The van der Waals surface area contributed by atoms with Gasteiger partial charge in [-0.25, -0.2) is 14.4 Å². The van der Waals surface area contributed by atoms with Crippen LogP contribution >= 0.6 is 0 Å². The molecule has 0 unspecified atom stereocenters. The van der Waals surface area contributed by atoms with Crippen LogP contribution in [0.15, 0.2) is 18.2 Å². The average molecular weight is 304 g/mol. The molecule has 0 aromatic heterocycles. The Hall–Kier alpha value is -2.71. The van der Waals surface area contributed by atoms with Gasteiger partial charge >= 0.3 is 24.0 Å². The summed E-state index contributed by atoms with van der Waals surface area (Å²) in [5.74, 6) is -5.08.